The topological polar surface area (TPSA) is 64.7 Å². The van der Waals surface area contributed by atoms with E-state index >= 15 is 0 Å². The fourth-order valence-corrected chi connectivity index (χ4v) is 4.00. The minimum Gasteiger partial charge on any atom is -0.353 e. The summed E-state index contributed by atoms with van der Waals surface area (Å²) >= 11 is 0. The molecule has 2 amide bonds. The molecule has 6 nitrogen and oxygen atoms in total. The van der Waals surface area contributed by atoms with Gasteiger partial charge in [0, 0.05) is 56.9 Å². The number of carbonyl (C=O) groups is 2. The van der Waals surface area contributed by atoms with Crippen molar-refractivity contribution < 1.29 is 9.59 Å². The number of nitrogens with one attached hydrogen (secondary N) is 2. The molecule has 174 valence electrons. The van der Waals surface area contributed by atoms with E-state index < -0.39 is 0 Å². The number of carbonyl (C=O) groups excluding carboxylic acids is 2. The van der Waals surface area contributed by atoms with E-state index in [0.29, 0.717) is 18.2 Å². The molecule has 1 saturated carbocycles. The summed E-state index contributed by atoms with van der Waals surface area (Å²) in [6, 6.07) is 18.3. The molecule has 6 heteroatoms. The third kappa shape index (κ3) is 7.84. The molecule has 1 aliphatic heterocycles. The third-order valence-electron chi connectivity index (χ3n) is 6.18. The highest BCUT2D eigenvalue weighted by Gasteiger charge is 2.23. The summed E-state index contributed by atoms with van der Waals surface area (Å²) < 4.78 is 0. The van der Waals surface area contributed by atoms with Gasteiger partial charge < -0.3 is 15.5 Å². The first-order valence-electron chi connectivity index (χ1n) is 12.0. The average molecular weight is 447 g/mol. The summed E-state index contributed by atoms with van der Waals surface area (Å²) in [5.41, 5.74) is 2.93. The Morgan fingerprint density at radius 2 is 1.61 bits per heavy atom. The molecule has 2 fully saturated rings. The van der Waals surface area contributed by atoms with E-state index in [9.17, 15) is 9.59 Å². The summed E-state index contributed by atoms with van der Waals surface area (Å²) in [4.78, 5) is 29.1. The van der Waals surface area contributed by atoms with Gasteiger partial charge in [-0.3, -0.25) is 14.5 Å². The van der Waals surface area contributed by atoms with Crippen LogP contribution in [0.3, 0.4) is 0 Å². The molecule has 4 rings (SSSR count). The summed E-state index contributed by atoms with van der Waals surface area (Å²) in [5.74, 6) is -0.110. The van der Waals surface area contributed by atoms with Gasteiger partial charge in [0.1, 0.15) is 0 Å². The number of amides is 2. The molecule has 1 heterocycles. The van der Waals surface area contributed by atoms with Crippen LogP contribution in [0.15, 0.2) is 60.7 Å². The van der Waals surface area contributed by atoms with Crippen LogP contribution in [-0.2, 0) is 11.3 Å². The maximum Gasteiger partial charge on any atom is 0.251 e. The van der Waals surface area contributed by atoms with Crippen molar-refractivity contribution in [1.29, 1.82) is 0 Å². The third-order valence-corrected chi connectivity index (χ3v) is 6.18. The molecule has 2 N–H and O–H groups in total. The van der Waals surface area contributed by atoms with Crippen LogP contribution in [0.2, 0.25) is 0 Å². The first-order valence-corrected chi connectivity index (χ1v) is 12.0. The lowest BCUT2D eigenvalue weighted by Gasteiger charge is -2.34. The van der Waals surface area contributed by atoms with Crippen LogP contribution < -0.4 is 10.6 Å². The first kappa shape index (κ1) is 23.2. The van der Waals surface area contributed by atoms with E-state index in [0.717, 1.165) is 64.1 Å². The number of piperazine rings is 1. The van der Waals surface area contributed by atoms with Crippen LogP contribution in [-0.4, -0.2) is 66.9 Å². The highest BCUT2D eigenvalue weighted by Crippen LogP contribution is 2.19. The highest BCUT2D eigenvalue weighted by molar-refractivity contribution is 5.95. The SMILES string of the molecule is O=C(/C=C/c1ccc(C(=O)NC2CC2)cc1)NCCCN1CCN(Cc2ccccc2)CC1. The number of benzene rings is 2. The van der Waals surface area contributed by atoms with Crippen LogP contribution in [0.4, 0.5) is 0 Å². The zero-order chi connectivity index (χ0) is 22.9. The summed E-state index contributed by atoms with van der Waals surface area (Å²) in [6.45, 7) is 7.04. The molecule has 1 aliphatic carbocycles. The fraction of sp³-hybridized carbons (Fsp3) is 0.407. The molecule has 2 aromatic rings. The van der Waals surface area contributed by atoms with Crippen LogP contribution in [0.25, 0.3) is 6.08 Å². The van der Waals surface area contributed by atoms with E-state index in [1.807, 2.05) is 12.1 Å². The van der Waals surface area contributed by atoms with Gasteiger partial charge in [-0.1, -0.05) is 42.5 Å². The number of hydrogen-bond acceptors (Lipinski definition) is 4. The van der Waals surface area contributed by atoms with Crippen LogP contribution in [0.1, 0.15) is 40.7 Å². The smallest absolute Gasteiger partial charge is 0.251 e. The van der Waals surface area contributed by atoms with E-state index in [4.69, 9.17) is 0 Å². The van der Waals surface area contributed by atoms with E-state index in [-0.39, 0.29) is 11.8 Å². The highest BCUT2D eigenvalue weighted by atomic mass is 16.2. The van der Waals surface area contributed by atoms with E-state index in [1.165, 1.54) is 5.56 Å². The molecule has 2 aromatic carbocycles. The van der Waals surface area contributed by atoms with Gasteiger partial charge in [-0.05, 0) is 55.1 Å². The minimum absolute atomic E-state index is 0.0246. The van der Waals surface area contributed by atoms with Gasteiger partial charge in [-0.15, -0.1) is 0 Å². The molecule has 2 aliphatic rings. The van der Waals surface area contributed by atoms with Gasteiger partial charge in [0.25, 0.3) is 5.91 Å². The standard InChI is InChI=1S/C27H34N4O2/c32-26(14-9-22-7-10-24(11-8-22)27(33)29-25-12-13-25)28-15-4-16-30-17-19-31(20-18-30)21-23-5-2-1-3-6-23/h1-3,5-11,14,25H,4,12-13,15-21H2,(H,28,32)(H,29,33)/b14-9+. The lowest BCUT2D eigenvalue weighted by molar-refractivity contribution is -0.116. The lowest BCUT2D eigenvalue weighted by atomic mass is 10.1. The number of hydrogen-bond donors (Lipinski definition) is 2. The molecule has 0 atom stereocenters. The second-order valence-electron chi connectivity index (χ2n) is 8.95. The Hall–Kier alpha value is -2.96. The fourth-order valence-electron chi connectivity index (χ4n) is 4.00. The first-order chi connectivity index (χ1) is 16.2. The lowest BCUT2D eigenvalue weighted by Crippen LogP contribution is -2.46. The zero-order valence-corrected chi connectivity index (χ0v) is 19.2. The van der Waals surface area contributed by atoms with Gasteiger partial charge in [0.05, 0.1) is 0 Å². The summed E-state index contributed by atoms with van der Waals surface area (Å²) in [5, 5.41) is 5.94. The van der Waals surface area contributed by atoms with Crippen molar-refractivity contribution in [3.05, 3.63) is 77.4 Å². The van der Waals surface area contributed by atoms with Crippen molar-refractivity contribution in [2.45, 2.75) is 31.8 Å². The maximum atomic E-state index is 12.1. The molecular formula is C27H34N4O2. The molecular weight excluding hydrogens is 412 g/mol. The van der Waals surface area contributed by atoms with Gasteiger partial charge in [-0.2, -0.15) is 0 Å². The monoisotopic (exact) mass is 446 g/mol. The van der Waals surface area contributed by atoms with Crippen molar-refractivity contribution in [1.82, 2.24) is 20.4 Å². The van der Waals surface area contributed by atoms with Crippen molar-refractivity contribution in [3.63, 3.8) is 0 Å². The molecule has 0 bridgehead atoms. The minimum atomic E-state index is -0.0850. The van der Waals surface area contributed by atoms with Gasteiger partial charge in [0.15, 0.2) is 0 Å². The quantitative estimate of drug-likeness (QED) is 0.435. The Morgan fingerprint density at radius 3 is 2.30 bits per heavy atom. The second kappa shape index (κ2) is 11.8. The van der Waals surface area contributed by atoms with Crippen molar-refractivity contribution in [2.24, 2.45) is 0 Å². The van der Waals surface area contributed by atoms with Gasteiger partial charge in [0.2, 0.25) is 5.91 Å². The number of nitrogens with zero attached hydrogens (tertiary/aromatic N) is 2. The van der Waals surface area contributed by atoms with Gasteiger partial charge in [-0.25, -0.2) is 0 Å². The van der Waals surface area contributed by atoms with Crippen molar-refractivity contribution in [3.8, 4) is 0 Å². The van der Waals surface area contributed by atoms with Crippen molar-refractivity contribution in [2.75, 3.05) is 39.3 Å². The van der Waals surface area contributed by atoms with Crippen LogP contribution in [0.5, 0.6) is 0 Å². The summed E-state index contributed by atoms with van der Waals surface area (Å²) in [7, 11) is 0. The molecule has 1 saturated heterocycles. The predicted octanol–water partition coefficient (Wildman–Crippen LogP) is 2.92. The Kier molecular flexibility index (Phi) is 8.28. The maximum absolute atomic E-state index is 12.1. The zero-order valence-electron chi connectivity index (χ0n) is 19.2. The van der Waals surface area contributed by atoms with E-state index in [2.05, 4.69) is 50.8 Å². The normalized spacial score (nSPS) is 17.2. The van der Waals surface area contributed by atoms with E-state index in [1.54, 1.807) is 24.3 Å². The number of rotatable bonds is 10. The van der Waals surface area contributed by atoms with Gasteiger partial charge >= 0.3 is 0 Å². The average Bonchev–Trinajstić information content (AvgIpc) is 3.66. The molecule has 33 heavy (non-hydrogen) atoms. The van der Waals surface area contributed by atoms with Crippen LogP contribution in [0, 0.1) is 0 Å². The van der Waals surface area contributed by atoms with Crippen LogP contribution >= 0.6 is 0 Å². The Morgan fingerprint density at radius 1 is 0.909 bits per heavy atom. The Balaban J connectivity index is 1.08. The van der Waals surface area contributed by atoms with Crippen molar-refractivity contribution >= 4 is 17.9 Å². The Labute approximate surface area is 196 Å². The second-order valence-corrected chi connectivity index (χ2v) is 8.95. The molecule has 0 radical (unpaired) electrons. The Bertz CT molecular complexity index is 930. The summed E-state index contributed by atoms with van der Waals surface area (Å²) in [6.07, 6.45) is 6.44. The molecule has 0 unspecified atom stereocenters. The predicted molar refractivity (Wildman–Crippen MR) is 132 cm³/mol. The largest absolute Gasteiger partial charge is 0.353 e. The molecule has 0 aromatic heterocycles. The molecule has 0 spiro atoms.